The third-order valence-corrected chi connectivity index (χ3v) is 2.15. The fourth-order valence-electron chi connectivity index (χ4n) is 1.20. The van der Waals surface area contributed by atoms with E-state index in [1.807, 2.05) is 0 Å². The van der Waals surface area contributed by atoms with Crippen LogP contribution in [-0.2, 0) is 14.3 Å². The molecule has 1 rings (SSSR count). The number of rotatable bonds is 2. The van der Waals surface area contributed by atoms with Crippen LogP contribution < -0.4 is 0 Å². The highest BCUT2D eigenvalue weighted by Crippen LogP contribution is 2.22. The Morgan fingerprint density at radius 1 is 1.73 bits per heavy atom. The number of ether oxygens (including phenoxy) is 1. The van der Waals surface area contributed by atoms with Crippen molar-refractivity contribution in [1.82, 2.24) is 0 Å². The monoisotopic (exact) mass is 212 g/mol. The van der Waals surface area contributed by atoms with Crippen LogP contribution in [0.15, 0.2) is 24.3 Å². The minimum atomic E-state index is -1.68. The van der Waals surface area contributed by atoms with Crippen molar-refractivity contribution in [2.45, 2.75) is 18.1 Å². The number of esters is 1. The fourth-order valence-corrected chi connectivity index (χ4v) is 1.20. The number of allylic oxidation sites excluding steroid dienone is 1. The first kappa shape index (κ1) is 11.6. The van der Waals surface area contributed by atoms with E-state index in [1.54, 1.807) is 0 Å². The molecule has 5 nitrogen and oxygen atoms in total. The van der Waals surface area contributed by atoms with Crippen molar-refractivity contribution in [2.75, 3.05) is 7.11 Å². The Hall–Kier alpha value is -1.46. The molecule has 0 aromatic carbocycles. The molecule has 0 aromatic heterocycles. The van der Waals surface area contributed by atoms with Crippen molar-refractivity contribution in [3.8, 4) is 0 Å². The lowest BCUT2D eigenvalue weighted by atomic mass is 9.87. The van der Waals surface area contributed by atoms with Crippen LogP contribution in [0, 0.1) is 0 Å². The van der Waals surface area contributed by atoms with Crippen LogP contribution >= 0.6 is 0 Å². The molecule has 5 heteroatoms. The fraction of sp³-hybridized carbons (Fsp3) is 0.400. The molecule has 1 aliphatic rings. The summed E-state index contributed by atoms with van der Waals surface area (Å²) in [5.41, 5.74) is -1.68. The lowest BCUT2D eigenvalue weighted by Crippen LogP contribution is -2.42. The predicted octanol–water partition coefficient (Wildman–Crippen LogP) is -0.663. The van der Waals surface area contributed by atoms with Gasteiger partial charge in [0.2, 0.25) is 0 Å². The molecule has 0 aliphatic heterocycles. The molecule has 0 saturated carbocycles. The highest BCUT2D eigenvalue weighted by atomic mass is 16.5. The van der Waals surface area contributed by atoms with E-state index in [0.717, 1.165) is 18.2 Å². The van der Waals surface area contributed by atoms with E-state index in [1.165, 1.54) is 13.2 Å². The van der Waals surface area contributed by atoms with Crippen molar-refractivity contribution in [3.63, 3.8) is 0 Å². The summed E-state index contributed by atoms with van der Waals surface area (Å²) in [7, 11) is 1.20. The molecule has 82 valence electrons. The Balaban J connectivity index is 2.82. The number of ketones is 1. The molecule has 0 heterocycles. The largest absolute Gasteiger partial charge is 0.466 e. The molecule has 15 heavy (non-hydrogen) atoms. The predicted molar refractivity (Wildman–Crippen MR) is 50.9 cm³/mol. The zero-order valence-electron chi connectivity index (χ0n) is 8.21. The molecular formula is C10H12O5. The molecule has 0 bridgehead atoms. The van der Waals surface area contributed by atoms with Gasteiger partial charge in [-0.1, -0.05) is 0 Å². The van der Waals surface area contributed by atoms with Crippen molar-refractivity contribution in [3.05, 3.63) is 24.3 Å². The molecule has 0 fully saturated rings. The van der Waals surface area contributed by atoms with Crippen LogP contribution in [0.2, 0.25) is 0 Å². The second kappa shape index (κ2) is 4.37. The normalized spacial score (nSPS) is 30.9. The van der Waals surface area contributed by atoms with Gasteiger partial charge in [0, 0.05) is 12.5 Å². The summed E-state index contributed by atoms with van der Waals surface area (Å²) in [6.07, 6.45) is 3.03. The molecular weight excluding hydrogens is 200 g/mol. The standard InChI is InChI=1S/C10H12O5/c1-15-9(13)3-5-10(14)4-2-7(11)6-8(10)12/h2-5,8,12,14H,6H2,1H3/b5-3+/t8-,10-/m1/s1. The summed E-state index contributed by atoms with van der Waals surface area (Å²) in [5, 5.41) is 19.3. The average Bonchev–Trinajstić information content (AvgIpc) is 2.21. The highest BCUT2D eigenvalue weighted by Gasteiger charge is 2.34. The van der Waals surface area contributed by atoms with Gasteiger partial charge in [-0.15, -0.1) is 0 Å². The SMILES string of the molecule is COC(=O)/C=C/[C@]1(O)C=CC(=O)C[C@H]1O. The van der Waals surface area contributed by atoms with Gasteiger partial charge in [0.05, 0.1) is 13.2 Å². The van der Waals surface area contributed by atoms with E-state index >= 15 is 0 Å². The molecule has 1 aliphatic carbocycles. The van der Waals surface area contributed by atoms with Crippen molar-refractivity contribution >= 4 is 11.8 Å². The number of methoxy groups -OCH3 is 1. The van der Waals surface area contributed by atoms with Gasteiger partial charge in [0.15, 0.2) is 5.78 Å². The van der Waals surface area contributed by atoms with E-state index in [0.29, 0.717) is 0 Å². The van der Waals surface area contributed by atoms with E-state index in [9.17, 15) is 19.8 Å². The molecule has 0 aromatic rings. The van der Waals surface area contributed by atoms with Gasteiger partial charge in [-0.05, 0) is 18.2 Å². The quantitative estimate of drug-likeness (QED) is 0.469. The summed E-state index contributed by atoms with van der Waals surface area (Å²) >= 11 is 0. The van der Waals surface area contributed by atoms with Crippen molar-refractivity contribution in [1.29, 1.82) is 0 Å². The third-order valence-electron chi connectivity index (χ3n) is 2.15. The zero-order chi connectivity index (χ0) is 11.5. The molecule has 2 atom stereocenters. The second-order valence-corrected chi connectivity index (χ2v) is 3.26. The van der Waals surface area contributed by atoms with Crippen molar-refractivity contribution in [2.24, 2.45) is 0 Å². The number of aliphatic hydroxyl groups excluding tert-OH is 1. The smallest absolute Gasteiger partial charge is 0.330 e. The lowest BCUT2D eigenvalue weighted by molar-refractivity contribution is -0.135. The van der Waals surface area contributed by atoms with Crippen LogP contribution in [0.4, 0.5) is 0 Å². The van der Waals surface area contributed by atoms with Crippen LogP contribution in [0.1, 0.15) is 6.42 Å². The van der Waals surface area contributed by atoms with Gasteiger partial charge in [0.25, 0.3) is 0 Å². The number of hydrogen-bond donors (Lipinski definition) is 2. The average molecular weight is 212 g/mol. The van der Waals surface area contributed by atoms with Gasteiger partial charge < -0.3 is 14.9 Å². The summed E-state index contributed by atoms with van der Waals surface area (Å²) < 4.78 is 4.33. The maximum atomic E-state index is 10.9. The van der Waals surface area contributed by atoms with E-state index in [2.05, 4.69) is 4.74 Å². The van der Waals surface area contributed by atoms with Gasteiger partial charge in [0.1, 0.15) is 5.60 Å². The molecule has 0 radical (unpaired) electrons. The summed E-state index contributed by atoms with van der Waals surface area (Å²) in [6.45, 7) is 0. The topological polar surface area (TPSA) is 83.8 Å². The van der Waals surface area contributed by atoms with Gasteiger partial charge in [-0.3, -0.25) is 4.79 Å². The second-order valence-electron chi connectivity index (χ2n) is 3.26. The molecule has 2 N–H and O–H groups in total. The Morgan fingerprint density at radius 2 is 2.40 bits per heavy atom. The molecule has 0 spiro atoms. The minimum absolute atomic E-state index is 0.168. The zero-order valence-corrected chi connectivity index (χ0v) is 8.21. The molecule has 0 amide bonds. The molecule has 0 saturated heterocycles. The molecule has 0 unspecified atom stereocenters. The van der Waals surface area contributed by atoms with E-state index < -0.39 is 17.7 Å². The number of hydrogen-bond acceptors (Lipinski definition) is 5. The van der Waals surface area contributed by atoms with Crippen LogP contribution in [0.3, 0.4) is 0 Å². The summed E-state index contributed by atoms with van der Waals surface area (Å²) in [5.74, 6) is -0.903. The maximum Gasteiger partial charge on any atom is 0.330 e. The Morgan fingerprint density at radius 3 is 2.93 bits per heavy atom. The summed E-state index contributed by atoms with van der Waals surface area (Å²) in [6, 6.07) is 0. The number of carbonyl (C=O) groups excluding carboxylic acids is 2. The van der Waals surface area contributed by atoms with Gasteiger partial charge in [-0.25, -0.2) is 4.79 Å². The Bertz CT molecular complexity index is 331. The first-order chi connectivity index (χ1) is 6.98. The Labute approximate surface area is 86.7 Å². The third kappa shape index (κ3) is 2.74. The van der Waals surface area contributed by atoms with Gasteiger partial charge in [-0.2, -0.15) is 0 Å². The van der Waals surface area contributed by atoms with Crippen LogP contribution in [0.25, 0.3) is 0 Å². The maximum absolute atomic E-state index is 10.9. The van der Waals surface area contributed by atoms with E-state index in [4.69, 9.17) is 0 Å². The summed E-state index contributed by atoms with van der Waals surface area (Å²) in [4.78, 5) is 21.7. The first-order valence-corrected chi connectivity index (χ1v) is 4.37. The van der Waals surface area contributed by atoms with Gasteiger partial charge >= 0.3 is 5.97 Å². The number of aliphatic hydroxyl groups is 2. The highest BCUT2D eigenvalue weighted by molar-refractivity contribution is 5.91. The number of carbonyl (C=O) groups is 2. The van der Waals surface area contributed by atoms with E-state index in [-0.39, 0.29) is 12.2 Å². The first-order valence-electron chi connectivity index (χ1n) is 4.37. The Kier molecular flexibility index (Phi) is 3.39. The lowest BCUT2D eigenvalue weighted by Gasteiger charge is -2.28. The van der Waals surface area contributed by atoms with Crippen molar-refractivity contribution < 1.29 is 24.5 Å². The van der Waals surface area contributed by atoms with Crippen LogP contribution in [0.5, 0.6) is 0 Å². The van der Waals surface area contributed by atoms with Crippen LogP contribution in [-0.4, -0.2) is 40.8 Å². The minimum Gasteiger partial charge on any atom is -0.466 e.